The monoisotopic (exact) mass is 512 g/mol. The van der Waals surface area contributed by atoms with Crippen LogP contribution < -0.4 is 25.3 Å². The fourth-order valence-electron chi connectivity index (χ4n) is 2.58. The van der Waals surface area contributed by atoms with E-state index in [2.05, 4.69) is 15.3 Å². The van der Waals surface area contributed by atoms with Gasteiger partial charge in [0, 0.05) is 18.3 Å². The molecule has 1 aromatic heterocycles. The molecule has 3 rings (SSSR count). The summed E-state index contributed by atoms with van der Waals surface area (Å²) in [7, 11) is 0. The van der Waals surface area contributed by atoms with Crippen molar-refractivity contribution in [1.82, 2.24) is 4.98 Å². The maximum absolute atomic E-state index is 6.06. The Kier molecular flexibility index (Phi) is 9.30. The third-order valence-electron chi connectivity index (χ3n) is 4.22. The quantitative estimate of drug-likeness (QED) is 0.282. The number of hydrogen-bond donors (Lipinski definition) is 2. The van der Waals surface area contributed by atoms with Crippen molar-refractivity contribution in [3.05, 3.63) is 42.1 Å². The molecule has 3 N–H and O–H groups in total. The average molecular weight is 512 g/mol. The van der Waals surface area contributed by atoms with Crippen molar-refractivity contribution in [1.29, 1.82) is 0 Å². The SMILES string of the molecule is CCOc1ccc(OCC)c(NC(N)=NCc2ccc(OCC3CC3)nc2)c1.I. The Morgan fingerprint density at radius 1 is 1.14 bits per heavy atom. The Bertz CT molecular complexity index is 795. The average Bonchev–Trinajstić information content (AvgIpc) is 3.52. The summed E-state index contributed by atoms with van der Waals surface area (Å²) in [5, 5.41) is 3.09. The third kappa shape index (κ3) is 7.60. The van der Waals surface area contributed by atoms with Crippen molar-refractivity contribution < 1.29 is 14.2 Å². The van der Waals surface area contributed by atoms with Crippen molar-refractivity contribution in [3.8, 4) is 17.4 Å². The zero-order valence-electron chi connectivity index (χ0n) is 16.9. The van der Waals surface area contributed by atoms with Crippen LogP contribution in [0.15, 0.2) is 41.5 Å². The van der Waals surface area contributed by atoms with Gasteiger partial charge in [-0.05, 0) is 50.3 Å². The number of halogens is 1. The summed E-state index contributed by atoms with van der Waals surface area (Å²) in [6.45, 7) is 6.19. The number of nitrogens with zero attached hydrogens (tertiary/aromatic N) is 2. The Morgan fingerprint density at radius 2 is 1.93 bits per heavy atom. The number of anilines is 1. The normalized spacial score (nSPS) is 13.4. The van der Waals surface area contributed by atoms with Gasteiger partial charge in [-0.3, -0.25) is 0 Å². The summed E-state index contributed by atoms with van der Waals surface area (Å²) in [5.74, 6) is 3.10. The van der Waals surface area contributed by atoms with E-state index in [0.29, 0.717) is 43.3 Å². The number of guanidine groups is 1. The lowest BCUT2D eigenvalue weighted by Gasteiger charge is -2.14. The Balaban J connectivity index is 0.00000300. The lowest BCUT2D eigenvalue weighted by molar-refractivity contribution is 0.288. The first-order valence-electron chi connectivity index (χ1n) is 9.72. The predicted molar refractivity (Wildman–Crippen MR) is 126 cm³/mol. The van der Waals surface area contributed by atoms with Crippen LogP contribution in [0.1, 0.15) is 32.3 Å². The molecule has 1 heterocycles. The van der Waals surface area contributed by atoms with Gasteiger partial charge in [-0.2, -0.15) is 0 Å². The largest absolute Gasteiger partial charge is 0.494 e. The molecule has 8 heteroatoms. The summed E-state index contributed by atoms with van der Waals surface area (Å²) in [4.78, 5) is 8.71. The lowest BCUT2D eigenvalue weighted by atomic mass is 10.2. The molecule has 1 saturated carbocycles. The van der Waals surface area contributed by atoms with Gasteiger partial charge in [-0.1, -0.05) is 6.07 Å². The number of aromatic nitrogens is 1. The van der Waals surface area contributed by atoms with E-state index < -0.39 is 0 Å². The Hall–Kier alpha value is -2.23. The zero-order chi connectivity index (χ0) is 19.8. The number of nitrogens with one attached hydrogen (secondary N) is 1. The van der Waals surface area contributed by atoms with E-state index in [-0.39, 0.29) is 24.0 Å². The standard InChI is InChI=1S/C21H28N4O3.HI/c1-3-26-17-8-9-19(27-4-2)18(11-17)25-21(22)24-13-16-7-10-20(23-12-16)28-14-15-5-6-15;/h7-12,15H,3-6,13-14H2,1-2H3,(H3,22,24,25);1H. The molecule has 0 amide bonds. The minimum Gasteiger partial charge on any atom is -0.494 e. The molecule has 7 nitrogen and oxygen atoms in total. The molecule has 158 valence electrons. The predicted octanol–water partition coefficient (Wildman–Crippen LogP) is 4.21. The van der Waals surface area contributed by atoms with Crippen LogP contribution in [-0.4, -0.2) is 30.8 Å². The second kappa shape index (κ2) is 11.7. The van der Waals surface area contributed by atoms with Gasteiger partial charge in [0.1, 0.15) is 11.5 Å². The summed E-state index contributed by atoms with van der Waals surface area (Å²) in [5.41, 5.74) is 7.73. The number of rotatable bonds is 10. The molecule has 2 aromatic rings. The molecular formula is C21H29IN4O3. The minimum absolute atomic E-state index is 0. The van der Waals surface area contributed by atoms with E-state index in [1.54, 1.807) is 6.20 Å². The molecule has 0 atom stereocenters. The second-order valence-electron chi connectivity index (χ2n) is 6.61. The number of hydrogen-bond acceptors (Lipinski definition) is 5. The maximum atomic E-state index is 6.06. The number of pyridine rings is 1. The van der Waals surface area contributed by atoms with Gasteiger partial charge in [0.2, 0.25) is 5.88 Å². The highest BCUT2D eigenvalue weighted by Crippen LogP contribution is 2.30. The number of nitrogens with two attached hydrogens (primary N) is 1. The molecule has 0 aliphatic heterocycles. The zero-order valence-corrected chi connectivity index (χ0v) is 19.2. The van der Waals surface area contributed by atoms with Gasteiger partial charge >= 0.3 is 0 Å². The van der Waals surface area contributed by atoms with Crippen LogP contribution >= 0.6 is 24.0 Å². The highest BCUT2D eigenvalue weighted by Gasteiger charge is 2.22. The molecule has 1 aliphatic carbocycles. The Labute approximate surface area is 189 Å². The Morgan fingerprint density at radius 3 is 2.59 bits per heavy atom. The van der Waals surface area contributed by atoms with Gasteiger partial charge in [0.15, 0.2) is 5.96 Å². The van der Waals surface area contributed by atoms with E-state index >= 15 is 0 Å². The van der Waals surface area contributed by atoms with Gasteiger partial charge in [0.25, 0.3) is 0 Å². The van der Waals surface area contributed by atoms with E-state index in [1.165, 1.54) is 12.8 Å². The van der Waals surface area contributed by atoms with Crippen molar-refractivity contribution in [2.24, 2.45) is 16.6 Å². The van der Waals surface area contributed by atoms with Gasteiger partial charge < -0.3 is 25.3 Å². The fourth-order valence-corrected chi connectivity index (χ4v) is 2.58. The van der Waals surface area contributed by atoms with E-state index in [1.807, 2.05) is 44.2 Å². The van der Waals surface area contributed by atoms with Crippen LogP contribution in [0, 0.1) is 5.92 Å². The van der Waals surface area contributed by atoms with Crippen molar-refractivity contribution in [3.63, 3.8) is 0 Å². The van der Waals surface area contributed by atoms with Crippen LogP contribution in [0.25, 0.3) is 0 Å². The smallest absolute Gasteiger partial charge is 0.213 e. The molecule has 29 heavy (non-hydrogen) atoms. The van der Waals surface area contributed by atoms with Crippen LogP contribution in [0.4, 0.5) is 5.69 Å². The number of benzene rings is 1. The van der Waals surface area contributed by atoms with Gasteiger partial charge in [-0.15, -0.1) is 24.0 Å². The van der Waals surface area contributed by atoms with E-state index in [9.17, 15) is 0 Å². The summed E-state index contributed by atoms with van der Waals surface area (Å²) in [6, 6.07) is 9.40. The highest BCUT2D eigenvalue weighted by molar-refractivity contribution is 14.0. The summed E-state index contributed by atoms with van der Waals surface area (Å²) in [6.07, 6.45) is 4.29. The van der Waals surface area contributed by atoms with Crippen molar-refractivity contribution in [2.75, 3.05) is 25.1 Å². The molecule has 0 bridgehead atoms. The third-order valence-corrected chi connectivity index (χ3v) is 4.22. The topological polar surface area (TPSA) is 91.0 Å². The van der Waals surface area contributed by atoms with E-state index in [0.717, 1.165) is 23.6 Å². The molecule has 0 spiro atoms. The second-order valence-corrected chi connectivity index (χ2v) is 6.61. The first kappa shape index (κ1) is 23.1. The lowest BCUT2D eigenvalue weighted by Crippen LogP contribution is -2.23. The first-order chi connectivity index (χ1) is 13.7. The van der Waals surface area contributed by atoms with Gasteiger partial charge in [-0.25, -0.2) is 9.98 Å². The van der Waals surface area contributed by atoms with Crippen LogP contribution in [-0.2, 0) is 6.54 Å². The molecule has 0 unspecified atom stereocenters. The first-order valence-corrected chi connectivity index (χ1v) is 9.72. The summed E-state index contributed by atoms with van der Waals surface area (Å²) < 4.78 is 16.8. The number of ether oxygens (including phenoxy) is 3. The van der Waals surface area contributed by atoms with Crippen LogP contribution in [0.3, 0.4) is 0 Å². The molecule has 1 fully saturated rings. The molecule has 1 aromatic carbocycles. The minimum atomic E-state index is 0. The maximum Gasteiger partial charge on any atom is 0.213 e. The highest BCUT2D eigenvalue weighted by atomic mass is 127. The number of aliphatic imine (C=N–C) groups is 1. The molecule has 0 radical (unpaired) electrons. The van der Waals surface area contributed by atoms with Crippen molar-refractivity contribution in [2.45, 2.75) is 33.2 Å². The summed E-state index contributed by atoms with van der Waals surface area (Å²) >= 11 is 0. The molecular weight excluding hydrogens is 483 g/mol. The van der Waals surface area contributed by atoms with Crippen LogP contribution in [0.2, 0.25) is 0 Å². The molecule has 1 aliphatic rings. The van der Waals surface area contributed by atoms with Crippen LogP contribution in [0.5, 0.6) is 17.4 Å². The molecule has 0 saturated heterocycles. The van der Waals surface area contributed by atoms with E-state index in [4.69, 9.17) is 19.9 Å². The fraction of sp³-hybridized carbons (Fsp3) is 0.429. The van der Waals surface area contributed by atoms with Gasteiger partial charge in [0.05, 0.1) is 32.1 Å². The van der Waals surface area contributed by atoms with Crippen molar-refractivity contribution >= 4 is 35.6 Å².